The molecule has 1 aromatic carbocycles. The Balaban J connectivity index is 2.79. The van der Waals surface area contributed by atoms with Crippen LogP contribution in [0.5, 0.6) is 5.75 Å². The fourth-order valence-corrected chi connectivity index (χ4v) is 1.02. The first-order valence-electron chi connectivity index (χ1n) is 4.13. The van der Waals surface area contributed by atoms with Crippen molar-refractivity contribution in [1.82, 2.24) is 0 Å². The number of halogens is 3. The predicted molar refractivity (Wildman–Crippen MR) is 47.7 cm³/mol. The van der Waals surface area contributed by atoms with Gasteiger partial charge < -0.3 is 15.6 Å². The summed E-state index contributed by atoms with van der Waals surface area (Å²) in [5, 5.41) is 8.55. The van der Waals surface area contributed by atoms with Gasteiger partial charge in [-0.05, 0) is 17.7 Å². The van der Waals surface area contributed by atoms with Crippen molar-refractivity contribution in [2.24, 2.45) is 5.73 Å². The number of alkyl halides is 3. The van der Waals surface area contributed by atoms with Gasteiger partial charge in [0.2, 0.25) is 0 Å². The van der Waals surface area contributed by atoms with Gasteiger partial charge >= 0.3 is 12.3 Å². The van der Waals surface area contributed by atoms with Crippen LogP contribution in [-0.2, 0) is 4.79 Å². The second-order valence-corrected chi connectivity index (χ2v) is 2.93. The van der Waals surface area contributed by atoms with Crippen molar-refractivity contribution in [3.8, 4) is 5.75 Å². The topological polar surface area (TPSA) is 72.6 Å². The summed E-state index contributed by atoms with van der Waals surface area (Å²) in [6.07, 6.45) is -4.77. The van der Waals surface area contributed by atoms with Crippen molar-refractivity contribution >= 4 is 5.97 Å². The highest BCUT2D eigenvalue weighted by Gasteiger charge is 2.31. The van der Waals surface area contributed by atoms with Crippen molar-refractivity contribution in [3.63, 3.8) is 0 Å². The number of aliphatic carboxylic acids is 1. The number of ether oxygens (including phenoxy) is 1. The Labute approximate surface area is 88.4 Å². The van der Waals surface area contributed by atoms with E-state index in [4.69, 9.17) is 10.8 Å². The van der Waals surface area contributed by atoms with E-state index < -0.39 is 24.1 Å². The summed E-state index contributed by atoms with van der Waals surface area (Å²) >= 11 is 0. The van der Waals surface area contributed by atoms with Crippen LogP contribution in [0.4, 0.5) is 13.2 Å². The van der Waals surface area contributed by atoms with Crippen LogP contribution in [0.25, 0.3) is 0 Å². The van der Waals surface area contributed by atoms with E-state index in [0.29, 0.717) is 0 Å². The zero-order valence-corrected chi connectivity index (χ0v) is 7.86. The Kier molecular flexibility index (Phi) is 3.38. The molecule has 1 aromatic rings. The summed E-state index contributed by atoms with van der Waals surface area (Å²) in [7, 11) is 0. The Hall–Kier alpha value is -1.76. The van der Waals surface area contributed by atoms with E-state index in [1.807, 2.05) is 0 Å². The molecule has 0 spiro atoms. The summed E-state index contributed by atoms with van der Waals surface area (Å²) in [6, 6.07) is 3.08. The second-order valence-electron chi connectivity index (χ2n) is 2.93. The van der Waals surface area contributed by atoms with Crippen LogP contribution in [0, 0.1) is 0 Å². The van der Waals surface area contributed by atoms with Gasteiger partial charge in [-0.2, -0.15) is 0 Å². The van der Waals surface area contributed by atoms with Gasteiger partial charge in [0.25, 0.3) is 0 Å². The lowest BCUT2D eigenvalue weighted by molar-refractivity contribution is -0.274. The highest BCUT2D eigenvalue weighted by Crippen LogP contribution is 2.23. The van der Waals surface area contributed by atoms with Gasteiger partial charge in [0.15, 0.2) is 0 Å². The SMILES string of the molecule is NC(C(=O)O)c1ccc(OC(F)(F)F)cc1. The number of carboxylic acid groups (broad SMARTS) is 1. The van der Waals surface area contributed by atoms with Crippen LogP contribution in [0.15, 0.2) is 24.3 Å². The standard InChI is InChI=1S/C9H8F3NO3/c10-9(11,12)16-6-3-1-5(2-4-6)7(13)8(14)15/h1-4,7H,13H2,(H,14,15). The maximum absolute atomic E-state index is 11.8. The summed E-state index contributed by atoms with van der Waals surface area (Å²) in [6.45, 7) is 0. The van der Waals surface area contributed by atoms with Gasteiger partial charge in [-0.25, -0.2) is 0 Å². The minimum atomic E-state index is -4.77. The third-order valence-corrected chi connectivity index (χ3v) is 1.74. The summed E-state index contributed by atoms with van der Waals surface area (Å²) in [4.78, 5) is 10.5. The van der Waals surface area contributed by atoms with Gasteiger partial charge in [-0.3, -0.25) is 4.79 Å². The average molecular weight is 235 g/mol. The lowest BCUT2D eigenvalue weighted by atomic mass is 10.1. The van der Waals surface area contributed by atoms with Gasteiger partial charge in [0, 0.05) is 0 Å². The second kappa shape index (κ2) is 4.40. The van der Waals surface area contributed by atoms with Gasteiger partial charge in [0.05, 0.1) is 0 Å². The van der Waals surface area contributed by atoms with E-state index >= 15 is 0 Å². The minimum absolute atomic E-state index is 0.196. The molecule has 1 atom stereocenters. The van der Waals surface area contributed by atoms with Gasteiger partial charge in [-0.1, -0.05) is 12.1 Å². The molecule has 0 amide bonds. The average Bonchev–Trinajstić information content (AvgIpc) is 2.15. The maximum Gasteiger partial charge on any atom is 0.573 e. The number of carbonyl (C=O) groups is 1. The number of nitrogens with two attached hydrogens (primary N) is 1. The molecule has 0 aliphatic heterocycles. The molecule has 4 nitrogen and oxygen atoms in total. The molecular formula is C9H8F3NO3. The number of benzene rings is 1. The Morgan fingerprint density at radius 2 is 1.81 bits per heavy atom. The molecule has 16 heavy (non-hydrogen) atoms. The van der Waals surface area contributed by atoms with E-state index in [2.05, 4.69) is 4.74 Å². The van der Waals surface area contributed by atoms with Crippen molar-refractivity contribution in [2.75, 3.05) is 0 Å². The molecular weight excluding hydrogens is 227 g/mol. The smallest absolute Gasteiger partial charge is 0.480 e. The zero-order valence-electron chi connectivity index (χ0n) is 7.86. The molecule has 0 radical (unpaired) electrons. The number of rotatable bonds is 3. The molecule has 7 heteroatoms. The van der Waals surface area contributed by atoms with E-state index in [-0.39, 0.29) is 5.56 Å². The third-order valence-electron chi connectivity index (χ3n) is 1.74. The monoisotopic (exact) mass is 235 g/mol. The molecule has 0 saturated heterocycles. The predicted octanol–water partition coefficient (Wildman–Crippen LogP) is 1.67. The molecule has 3 N–H and O–H groups in total. The summed E-state index contributed by atoms with van der Waals surface area (Å²) in [5.41, 5.74) is 5.45. The Morgan fingerprint density at radius 3 is 2.19 bits per heavy atom. The van der Waals surface area contributed by atoms with Crippen LogP contribution in [0.3, 0.4) is 0 Å². The molecule has 0 saturated carbocycles. The number of hydrogen-bond donors (Lipinski definition) is 2. The first-order chi connectivity index (χ1) is 7.29. The Bertz CT molecular complexity index is 375. The molecule has 88 valence electrons. The van der Waals surface area contributed by atoms with E-state index in [0.717, 1.165) is 12.1 Å². The highest BCUT2D eigenvalue weighted by molar-refractivity contribution is 5.75. The molecule has 0 aliphatic rings. The van der Waals surface area contributed by atoms with Gasteiger partial charge in [-0.15, -0.1) is 13.2 Å². The first-order valence-corrected chi connectivity index (χ1v) is 4.13. The Morgan fingerprint density at radius 1 is 1.31 bits per heavy atom. The fourth-order valence-electron chi connectivity index (χ4n) is 1.02. The van der Waals surface area contributed by atoms with Crippen LogP contribution >= 0.6 is 0 Å². The van der Waals surface area contributed by atoms with E-state index in [9.17, 15) is 18.0 Å². The van der Waals surface area contributed by atoms with E-state index in [1.165, 1.54) is 12.1 Å². The normalized spacial score (nSPS) is 13.2. The summed E-state index contributed by atoms with van der Waals surface area (Å²) in [5.74, 6) is -1.68. The lowest BCUT2D eigenvalue weighted by Crippen LogP contribution is -2.21. The molecule has 0 heterocycles. The van der Waals surface area contributed by atoms with Crippen molar-refractivity contribution in [2.45, 2.75) is 12.4 Å². The molecule has 0 fully saturated rings. The maximum atomic E-state index is 11.8. The number of carboxylic acids is 1. The van der Waals surface area contributed by atoms with Crippen molar-refractivity contribution in [1.29, 1.82) is 0 Å². The molecule has 0 bridgehead atoms. The number of hydrogen-bond acceptors (Lipinski definition) is 3. The summed E-state index contributed by atoms with van der Waals surface area (Å²) < 4.78 is 39.0. The minimum Gasteiger partial charge on any atom is -0.480 e. The first kappa shape index (κ1) is 12.3. The van der Waals surface area contributed by atoms with Crippen LogP contribution in [0.1, 0.15) is 11.6 Å². The largest absolute Gasteiger partial charge is 0.573 e. The zero-order chi connectivity index (χ0) is 12.3. The van der Waals surface area contributed by atoms with Crippen molar-refractivity contribution in [3.05, 3.63) is 29.8 Å². The van der Waals surface area contributed by atoms with E-state index in [1.54, 1.807) is 0 Å². The third kappa shape index (κ3) is 3.43. The molecule has 1 rings (SSSR count). The van der Waals surface area contributed by atoms with Crippen molar-refractivity contribution < 1.29 is 27.8 Å². The fraction of sp³-hybridized carbons (Fsp3) is 0.222. The molecule has 1 unspecified atom stereocenters. The van der Waals surface area contributed by atoms with Crippen LogP contribution < -0.4 is 10.5 Å². The quantitative estimate of drug-likeness (QED) is 0.835. The van der Waals surface area contributed by atoms with Crippen LogP contribution in [-0.4, -0.2) is 17.4 Å². The highest BCUT2D eigenvalue weighted by atomic mass is 19.4. The lowest BCUT2D eigenvalue weighted by Gasteiger charge is -2.10. The molecule has 0 aromatic heterocycles. The van der Waals surface area contributed by atoms with Crippen LogP contribution in [0.2, 0.25) is 0 Å². The molecule has 0 aliphatic carbocycles. The van der Waals surface area contributed by atoms with Gasteiger partial charge in [0.1, 0.15) is 11.8 Å².